The minimum Gasteiger partial charge on any atom is -0.316 e. The summed E-state index contributed by atoms with van der Waals surface area (Å²) in [6.45, 7) is 3.66. The monoisotopic (exact) mass is 462 g/mol. The fraction of sp³-hybridized carbons (Fsp3) is 0.240. The van der Waals surface area contributed by atoms with Gasteiger partial charge in [0.05, 0.1) is 5.56 Å². The Labute approximate surface area is 188 Å². The number of anilines is 1. The second-order valence-corrected chi connectivity index (χ2v) is 7.79. The third-order valence-corrected chi connectivity index (χ3v) is 5.57. The number of hydrogen-bond acceptors (Lipinski definition) is 2. The fourth-order valence-electron chi connectivity index (χ4n) is 3.46. The van der Waals surface area contributed by atoms with E-state index >= 15 is 0 Å². The molecule has 0 spiro atoms. The molecular formula is C25H23F5N2O. The summed E-state index contributed by atoms with van der Waals surface area (Å²) in [6, 6.07) is 14.3. The Bertz CT molecular complexity index is 1150. The molecule has 0 radical (unpaired) electrons. The van der Waals surface area contributed by atoms with Gasteiger partial charge in [-0.1, -0.05) is 42.5 Å². The third-order valence-electron chi connectivity index (χ3n) is 5.57. The highest BCUT2D eigenvalue weighted by molar-refractivity contribution is 5.97. The molecule has 3 rings (SSSR count). The fourth-order valence-corrected chi connectivity index (χ4v) is 3.46. The number of aryl methyl sites for hydroxylation is 2. The summed E-state index contributed by atoms with van der Waals surface area (Å²) in [5, 5.41) is 0. The molecule has 3 aromatic rings. The van der Waals surface area contributed by atoms with Crippen LogP contribution in [0.2, 0.25) is 0 Å². The number of alkyl halides is 3. The van der Waals surface area contributed by atoms with Crippen molar-refractivity contribution in [2.75, 3.05) is 11.4 Å². The maximum atomic E-state index is 14.4. The van der Waals surface area contributed by atoms with Gasteiger partial charge in [0.15, 0.2) is 11.6 Å². The van der Waals surface area contributed by atoms with Gasteiger partial charge in [-0.25, -0.2) is 8.78 Å². The summed E-state index contributed by atoms with van der Waals surface area (Å²) in [7, 11) is 0. The number of rotatable bonds is 6. The number of nitrogens with two attached hydrogens (primary N) is 1. The Hall–Kier alpha value is -3.26. The zero-order valence-electron chi connectivity index (χ0n) is 18.1. The molecule has 33 heavy (non-hydrogen) atoms. The summed E-state index contributed by atoms with van der Waals surface area (Å²) in [6.07, 6.45) is -5.21. The lowest BCUT2D eigenvalue weighted by Crippen LogP contribution is -2.40. The Morgan fingerprint density at radius 3 is 2.21 bits per heavy atom. The molecular weight excluding hydrogens is 439 g/mol. The molecule has 0 saturated heterocycles. The van der Waals surface area contributed by atoms with Crippen molar-refractivity contribution < 1.29 is 26.7 Å². The zero-order chi connectivity index (χ0) is 24.3. The number of carbonyl (C=O) groups is 1. The molecule has 0 heterocycles. The molecule has 8 heteroatoms. The number of amides is 1. The van der Waals surface area contributed by atoms with Gasteiger partial charge in [0.25, 0.3) is 0 Å². The molecule has 0 bridgehead atoms. The third kappa shape index (κ3) is 5.39. The van der Waals surface area contributed by atoms with E-state index in [9.17, 15) is 26.7 Å². The molecule has 1 atom stereocenters. The van der Waals surface area contributed by atoms with Crippen molar-refractivity contribution in [3.63, 3.8) is 0 Å². The summed E-state index contributed by atoms with van der Waals surface area (Å²) in [4.78, 5) is 14.6. The van der Waals surface area contributed by atoms with Crippen molar-refractivity contribution in [1.29, 1.82) is 0 Å². The Morgan fingerprint density at radius 1 is 0.939 bits per heavy atom. The van der Waals surface area contributed by atoms with Crippen LogP contribution < -0.4 is 10.6 Å². The van der Waals surface area contributed by atoms with Crippen LogP contribution in [0.3, 0.4) is 0 Å². The van der Waals surface area contributed by atoms with Crippen molar-refractivity contribution in [3.8, 4) is 0 Å². The molecule has 3 nitrogen and oxygen atoms in total. The van der Waals surface area contributed by atoms with Crippen LogP contribution in [0.4, 0.5) is 27.6 Å². The van der Waals surface area contributed by atoms with Crippen LogP contribution in [-0.4, -0.2) is 12.5 Å². The molecule has 0 aliphatic heterocycles. The Balaban J connectivity index is 1.93. The molecule has 0 aliphatic rings. The predicted octanol–water partition coefficient (Wildman–Crippen LogP) is 5.88. The SMILES string of the molecule is Cc1ccc(N(CCc2ccc(C(F)(F)F)c(F)c2F)C(=O)C(N)c2ccccc2)cc1C. The first-order valence-corrected chi connectivity index (χ1v) is 10.2. The number of carbonyl (C=O) groups excluding carboxylic acids is 1. The van der Waals surface area contributed by atoms with Crippen LogP contribution in [0.15, 0.2) is 60.7 Å². The van der Waals surface area contributed by atoms with Gasteiger partial charge in [0.2, 0.25) is 5.91 Å². The standard InChI is InChI=1S/C25H23F5N2O/c1-15-8-10-19(14-16(15)2)32(24(33)23(31)18-6-4-3-5-7-18)13-12-17-9-11-20(25(28,29)30)22(27)21(17)26/h3-11,14,23H,12-13,31H2,1-2H3. The lowest BCUT2D eigenvalue weighted by Gasteiger charge is -2.27. The van der Waals surface area contributed by atoms with Gasteiger partial charge >= 0.3 is 6.18 Å². The van der Waals surface area contributed by atoms with Gasteiger partial charge in [-0.2, -0.15) is 13.2 Å². The zero-order valence-corrected chi connectivity index (χ0v) is 18.1. The van der Waals surface area contributed by atoms with Gasteiger partial charge < -0.3 is 10.6 Å². The van der Waals surface area contributed by atoms with E-state index in [1.807, 2.05) is 19.9 Å². The molecule has 2 N–H and O–H groups in total. The van der Waals surface area contributed by atoms with E-state index in [1.165, 1.54) is 4.90 Å². The first-order chi connectivity index (χ1) is 15.5. The van der Waals surface area contributed by atoms with Gasteiger partial charge in [-0.05, 0) is 60.7 Å². The number of halogens is 5. The van der Waals surface area contributed by atoms with Crippen LogP contribution in [0.5, 0.6) is 0 Å². The topological polar surface area (TPSA) is 46.3 Å². The smallest absolute Gasteiger partial charge is 0.316 e. The van der Waals surface area contributed by atoms with E-state index in [0.29, 0.717) is 17.3 Å². The largest absolute Gasteiger partial charge is 0.419 e. The van der Waals surface area contributed by atoms with Crippen molar-refractivity contribution >= 4 is 11.6 Å². The maximum absolute atomic E-state index is 14.4. The van der Waals surface area contributed by atoms with Crippen LogP contribution >= 0.6 is 0 Å². The van der Waals surface area contributed by atoms with Gasteiger partial charge in [-0.15, -0.1) is 0 Å². The first kappa shape index (κ1) is 24.4. The van der Waals surface area contributed by atoms with Gasteiger partial charge in [0.1, 0.15) is 6.04 Å². The van der Waals surface area contributed by atoms with E-state index in [0.717, 1.165) is 17.2 Å². The molecule has 0 saturated carbocycles. The van der Waals surface area contributed by atoms with E-state index < -0.39 is 35.3 Å². The number of hydrogen-bond donors (Lipinski definition) is 1. The average molecular weight is 462 g/mol. The molecule has 0 fully saturated rings. The highest BCUT2D eigenvalue weighted by Crippen LogP contribution is 2.33. The Kier molecular flexibility index (Phi) is 7.17. The molecule has 174 valence electrons. The van der Waals surface area contributed by atoms with E-state index in [1.54, 1.807) is 42.5 Å². The van der Waals surface area contributed by atoms with Crippen molar-refractivity contribution in [1.82, 2.24) is 0 Å². The van der Waals surface area contributed by atoms with Crippen LogP contribution in [-0.2, 0) is 17.4 Å². The van der Waals surface area contributed by atoms with Crippen molar-refractivity contribution in [3.05, 3.63) is 100 Å². The predicted molar refractivity (Wildman–Crippen MR) is 117 cm³/mol. The van der Waals surface area contributed by atoms with Gasteiger partial charge in [-0.3, -0.25) is 4.79 Å². The van der Waals surface area contributed by atoms with E-state index in [-0.39, 0.29) is 18.5 Å². The van der Waals surface area contributed by atoms with Crippen LogP contribution in [0.1, 0.15) is 33.9 Å². The Morgan fingerprint density at radius 2 is 1.61 bits per heavy atom. The first-order valence-electron chi connectivity index (χ1n) is 10.2. The molecule has 3 aromatic carbocycles. The van der Waals surface area contributed by atoms with Crippen molar-refractivity contribution in [2.45, 2.75) is 32.5 Å². The molecule has 0 aliphatic carbocycles. The highest BCUT2D eigenvalue weighted by atomic mass is 19.4. The lowest BCUT2D eigenvalue weighted by molar-refractivity contribution is -0.140. The normalized spacial score (nSPS) is 12.5. The molecule has 1 unspecified atom stereocenters. The summed E-state index contributed by atoms with van der Waals surface area (Å²) in [5.74, 6) is -4.01. The van der Waals surface area contributed by atoms with Gasteiger partial charge in [0, 0.05) is 12.2 Å². The molecule has 1 amide bonds. The summed E-state index contributed by atoms with van der Waals surface area (Å²) < 4.78 is 66.9. The number of benzene rings is 3. The summed E-state index contributed by atoms with van der Waals surface area (Å²) in [5.41, 5.74) is 7.22. The maximum Gasteiger partial charge on any atom is 0.419 e. The lowest BCUT2D eigenvalue weighted by atomic mass is 10.0. The van der Waals surface area contributed by atoms with E-state index in [2.05, 4.69) is 0 Å². The summed E-state index contributed by atoms with van der Waals surface area (Å²) >= 11 is 0. The second kappa shape index (κ2) is 9.70. The quantitative estimate of drug-likeness (QED) is 0.466. The molecule has 0 aromatic heterocycles. The number of nitrogens with zero attached hydrogens (tertiary/aromatic N) is 1. The van der Waals surface area contributed by atoms with E-state index in [4.69, 9.17) is 5.73 Å². The average Bonchev–Trinajstić information content (AvgIpc) is 2.78. The minimum absolute atomic E-state index is 0.108. The van der Waals surface area contributed by atoms with Crippen LogP contribution in [0, 0.1) is 25.5 Å². The highest BCUT2D eigenvalue weighted by Gasteiger charge is 2.36. The minimum atomic E-state index is -5.01. The second-order valence-electron chi connectivity index (χ2n) is 7.79. The van der Waals surface area contributed by atoms with Crippen molar-refractivity contribution in [2.24, 2.45) is 5.73 Å². The van der Waals surface area contributed by atoms with Crippen LogP contribution in [0.25, 0.3) is 0 Å².